The van der Waals surface area contributed by atoms with Crippen LogP contribution in [0, 0.1) is 0 Å². The number of aliphatic hydroxyl groups is 1. The maximum Gasteiger partial charge on any atom is 0.130 e. The van der Waals surface area contributed by atoms with Crippen molar-refractivity contribution in [2.24, 2.45) is 7.05 Å². The van der Waals surface area contributed by atoms with E-state index in [1.54, 1.807) is 6.33 Å². The van der Waals surface area contributed by atoms with E-state index in [0.717, 1.165) is 41.8 Å². The molecule has 19 heavy (non-hydrogen) atoms. The lowest BCUT2D eigenvalue weighted by Crippen LogP contribution is -2.11. The van der Waals surface area contributed by atoms with Crippen molar-refractivity contribution < 1.29 is 9.84 Å². The van der Waals surface area contributed by atoms with Gasteiger partial charge in [0.05, 0.1) is 24.3 Å². The summed E-state index contributed by atoms with van der Waals surface area (Å²) in [5.41, 5.74) is 3.21. The number of aliphatic hydroxyl groups excluding tert-OH is 1. The van der Waals surface area contributed by atoms with Crippen LogP contribution in [0.3, 0.4) is 0 Å². The van der Waals surface area contributed by atoms with Crippen molar-refractivity contribution in [3.05, 3.63) is 47.5 Å². The summed E-state index contributed by atoms with van der Waals surface area (Å²) in [6.45, 7) is 0.503. The largest absolute Gasteiger partial charge is 0.487 e. The Kier molecular flexibility index (Phi) is 3.25. The molecular weight excluding hydrogens is 240 g/mol. The fraction of sp³-hybridized carbons (Fsp3) is 0.400. The van der Waals surface area contributed by atoms with Crippen LogP contribution in [0.5, 0.6) is 5.75 Å². The van der Waals surface area contributed by atoms with E-state index >= 15 is 0 Å². The van der Waals surface area contributed by atoms with Crippen molar-refractivity contribution in [3.63, 3.8) is 0 Å². The number of aryl methyl sites for hydroxylation is 1. The Morgan fingerprint density at radius 3 is 3.16 bits per heavy atom. The molecule has 0 bridgehead atoms. The molecule has 100 valence electrons. The number of fused-ring (bicyclic) bond motifs is 1. The summed E-state index contributed by atoms with van der Waals surface area (Å²) < 4.78 is 7.85. The molecule has 3 rings (SSSR count). The number of benzene rings is 1. The minimum atomic E-state index is -0.344. The summed E-state index contributed by atoms with van der Waals surface area (Å²) in [7, 11) is 1.95. The van der Waals surface area contributed by atoms with Gasteiger partial charge in [0.2, 0.25) is 0 Å². The lowest BCUT2D eigenvalue weighted by Gasteiger charge is -2.23. The van der Waals surface area contributed by atoms with Gasteiger partial charge in [0, 0.05) is 7.05 Å². The molecule has 1 aromatic heterocycles. The smallest absolute Gasteiger partial charge is 0.130 e. The second-order valence-corrected chi connectivity index (χ2v) is 5.02. The molecule has 0 saturated heterocycles. The number of nitrogens with zero attached hydrogens (tertiary/aromatic N) is 2. The average molecular weight is 258 g/mol. The van der Waals surface area contributed by atoms with E-state index in [2.05, 4.69) is 4.98 Å². The van der Waals surface area contributed by atoms with Crippen LogP contribution in [0.25, 0.3) is 0 Å². The van der Waals surface area contributed by atoms with Gasteiger partial charge in [0.25, 0.3) is 0 Å². The number of ether oxygens (including phenoxy) is 1. The van der Waals surface area contributed by atoms with Gasteiger partial charge in [-0.1, -0.05) is 12.1 Å². The average Bonchev–Trinajstić information content (AvgIpc) is 2.82. The molecule has 0 spiro atoms. The molecule has 1 aliphatic carbocycles. The maximum absolute atomic E-state index is 10.0. The molecule has 1 heterocycles. The van der Waals surface area contributed by atoms with Crippen LogP contribution in [0.4, 0.5) is 0 Å². The topological polar surface area (TPSA) is 47.3 Å². The Balaban J connectivity index is 1.82. The maximum atomic E-state index is 10.0. The third kappa shape index (κ3) is 2.36. The quantitative estimate of drug-likeness (QED) is 0.919. The molecule has 1 unspecified atom stereocenters. The number of aromatic nitrogens is 2. The van der Waals surface area contributed by atoms with Gasteiger partial charge in [0.15, 0.2) is 0 Å². The lowest BCUT2D eigenvalue weighted by molar-refractivity contribution is 0.155. The van der Waals surface area contributed by atoms with Crippen molar-refractivity contribution in [1.29, 1.82) is 0 Å². The molecule has 1 aromatic carbocycles. The first-order valence-electron chi connectivity index (χ1n) is 6.63. The van der Waals surface area contributed by atoms with Crippen LogP contribution in [-0.4, -0.2) is 14.7 Å². The highest BCUT2D eigenvalue weighted by Crippen LogP contribution is 2.35. The second-order valence-electron chi connectivity index (χ2n) is 5.02. The van der Waals surface area contributed by atoms with E-state index < -0.39 is 0 Å². The van der Waals surface area contributed by atoms with E-state index in [1.165, 1.54) is 0 Å². The highest BCUT2D eigenvalue weighted by atomic mass is 16.5. The van der Waals surface area contributed by atoms with Gasteiger partial charge in [-0.3, -0.25) is 0 Å². The highest BCUT2D eigenvalue weighted by Gasteiger charge is 2.20. The van der Waals surface area contributed by atoms with E-state index in [9.17, 15) is 5.11 Å². The summed E-state index contributed by atoms with van der Waals surface area (Å²) in [6, 6.07) is 5.93. The van der Waals surface area contributed by atoms with Crippen LogP contribution in [-0.2, 0) is 20.1 Å². The molecule has 0 fully saturated rings. The zero-order chi connectivity index (χ0) is 13.2. The van der Waals surface area contributed by atoms with E-state index in [1.807, 2.05) is 36.0 Å². The number of hydrogen-bond acceptors (Lipinski definition) is 3. The zero-order valence-electron chi connectivity index (χ0n) is 11.0. The van der Waals surface area contributed by atoms with E-state index in [0.29, 0.717) is 6.61 Å². The number of rotatable bonds is 3. The van der Waals surface area contributed by atoms with Crippen molar-refractivity contribution in [3.8, 4) is 5.75 Å². The van der Waals surface area contributed by atoms with Gasteiger partial charge < -0.3 is 14.4 Å². The second kappa shape index (κ2) is 5.05. The summed E-state index contributed by atoms with van der Waals surface area (Å²) in [6.07, 6.45) is 6.07. The van der Waals surface area contributed by atoms with Crippen LogP contribution < -0.4 is 4.74 Å². The highest BCUT2D eigenvalue weighted by molar-refractivity contribution is 5.42. The van der Waals surface area contributed by atoms with Crippen molar-refractivity contribution in [1.82, 2.24) is 9.55 Å². The van der Waals surface area contributed by atoms with Gasteiger partial charge in [-0.05, 0) is 36.5 Å². The molecule has 1 aliphatic rings. The summed E-state index contributed by atoms with van der Waals surface area (Å²) in [4.78, 5) is 4.08. The first-order chi connectivity index (χ1) is 9.25. The molecule has 2 aromatic rings. The van der Waals surface area contributed by atoms with Gasteiger partial charge in [0.1, 0.15) is 12.4 Å². The molecule has 0 aliphatic heterocycles. The Hall–Kier alpha value is -1.81. The molecule has 1 N–H and O–H groups in total. The first kappa shape index (κ1) is 12.2. The lowest BCUT2D eigenvalue weighted by atomic mass is 9.89. The Bertz CT molecular complexity index is 577. The van der Waals surface area contributed by atoms with Crippen LogP contribution in [0.1, 0.15) is 35.8 Å². The summed E-state index contributed by atoms with van der Waals surface area (Å²) >= 11 is 0. The zero-order valence-corrected chi connectivity index (χ0v) is 11.0. The fourth-order valence-electron chi connectivity index (χ4n) is 2.60. The normalized spacial score (nSPS) is 18.1. The predicted octanol–water partition coefficient (Wildman–Crippen LogP) is 2.37. The molecule has 4 heteroatoms. The number of hydrogen-bond donors (Lipinski definition) is 1. The molecule has 0 radical (unpaired) electrons. The van der Waals surface area contributed by atoms with Crippen molar-refractivity contribution >= 4 is 0 Å². The van der Waals surface area contributed by atoms with Gasteiger partial charge in [-0.25, -0.2) is 4.98 Å². The Morgan fingerprint density at radius 2 is 2.37 bits per heavy atom. The third-order valence-corrected chi connectivity index (χ3v) is 3.72. The minimum absolute atomic E-state index is 0.344. The van der Waals surface area contributed by atoms with E-state index in [-0.39, 0.29) is 6.10 Å². The minimum Gasteiger partial charge on any atom is -0.487 e. The van der Waals surface area contributed by atoms with Crippen molar-refractivity contribution in [2.45, 2.75) is 32.0 Å². The monoisotopic (exact) mass is 258 g/mol. The van der Waals surface area contributed by atoms with Gasteiger partial charge in [-0.15, -0.1) is 0 Å². The SMILES string of the molecule is Cn1cncc1COc1cccc2c1CCCC2O. The fourth-order valence-corrected chi connectivity index (χ4v) is 2.60. The third-order valence-electron chi connectivity index (χ3n) is 3.72. The standard InChI is InChI=1S/C15H18N2O2/c1-17-10-16-8-11(17)9-19-15-7-3-4-12-13(15)5-2-6-14(12)18/h3-4,7-8,10,14,18H,2,5-6,9H2,1H3. The molecular formula is C15H18N2O2. The Morgan fingerprint density at radius 1 is 1.47 bits per heavy atom. The van der Waals surface area contributed by atoms with Crippen LogP contribution in [0.15, 0.2) is 30.7 Å². The molecule has 0 amide bonds. The van der Waals surface area contributed by atoms with E-state index in [4.69, 9.17) is 4.74 Å². The molecule has 0 saturated carbocycles. The Labute approximate surface area is 112 Å². The predicted molar refractivity (Wildman–Crippen MR) is 71.9 cm³/mol. The van der Waals surface area contributed by atoms with Crippen LogP contribution >= 0.6 is 0 Å². The number of imidazole rings is 1. The first-order valence-corrected chi connectivity index (χ1v) is 6.63. The molecule has 1 atom stereocenters. The van der Waals surface area contributed by atoms with Crippen LogP contribution in [0.2, 0.25) is 0 Å². The molecule has 4 nitrogen and oxygen atoms in total. The van der Waals surface area contributed by atoms with Gasteiger partial charge in [-0.2, -0.15) is 0 Å². The van der Waals surface area contributed by atoms with Crippen molar-refractivity contribution in [2.75, 3.05) is 0 Å². The van der Waals surface area contributed by atoms with Gasteiger partial charge >= 0.3 is 0 Å². The summed E-state index contributed by atoms with van der Waals surface area (Å²) in [5, 5.41) is 10.0. The summed E-state index contributed by atoms with van der Waals surface area (Å²) in [5.74, 6) is 0.887.